The summed E-state index contributed by atoms with van der Waals surface area (Å²) in [5.74, 6) is -2.25. The van der Waals surface area contributed by atoms with Crippen molar-refractivity contribution >= 4 is 18.0 Å². The summed E-state index contributed by atoms with van der Waals surface area (Å²) in [6.07, 6.45) is -0.676. The average molecular weight is 287 g/mol. The summed E-state index contributed by atoms with van der Waals surface area (Å²) in [5.41, 5.74) is -0.720. The molecule has 1 amide bonds. The zero-order valence-electron chi connectivity index (χ0n) is 12.2. The van der Waals surface area contributed by atoms with Crippen LogP contribution in [0.25, 0.3) is 0 Å². The first-order chi connectivity index (χ1) is 9.15. The Morgan fingerprint density at radius 1 is 1.30 bits per heavy atom. The first kappa shape index (κ1) is 16.3. The van der Waals surface area contributed by atoms with E-state index in [9.17, 15) is 14.4 Å². The molecule has 0 radical (unpaired) electrons. The molecule has 1 rings (SSSR count). The molecule has 1 saturated heterocycles. The number of carbonyl (C=O) groups excluding carboxylic acids is 2. The summed E-state index contributed by atoms with van der Waals surface area (Å²) < 4.78 is 10.0. The number of carboxylic acid groups (broad SMARTS) is 1. The molecular weight excluding hydrogens is 266 g/mol. The molecule has 1 heterocycles. The number of carboxylic acids is 1. The molecule has 7 heteroatoms. The number of hydrogen-bond donors (Lipinski definition) is 1. The third kappa shape index (κ3) is 4.11. The fourth-order valence-corrected chi connectivity index (χ4v) is 2.02. The van der Waals surface area contributed by atoms with Gasteiger partial charge in [0.2, 0.25) is 0 Å². The molecule has 0 aromatic carbocycles. The van der Waals surface area contributed by atoms with Crippen LogP contribution in [0.15, 0.2) is 0 Å². The largest absolute Gasteiger partial charge is 0.480 e. The number of ether oxygens (including phenoxy) is 2. The number of likely N-dealkylation sites (tertiary alicyclic amines) is 1. The van der Waals surface area contributed by atoms with Crippen LogP contribution in [-0.4, -0.2) is 52.8 Å². The second-order valence-electron chi connectivity index (χ2n) is 5.67. The Morgan fingerprint density at radius 2 is 1.90 bits per heavy atom. The number of rotatable bonds is 3. The third-order valence-electron chi connectivity index (χ3n) is 2.83. The molecule has 1 aliphatic heterocycles. The molecule has 1 aliphatic rings. The fraction of sp³-hybridized carbons (Fsp3) is 0.769. The van der Waals surface area contributed by atoms with E-state index in [-0.39, 0.29) is 19.6 Å². The minimum absolute atomic E-state index is 0.00468. The quantitative estimate of drug-likeness (QED) is 0.785. The molecule has 0 saturated carbocycles. The Kier molecular flexibility index (Phi) is 4.97. The van der Waals surface area contributed by atoms with Crippen LogP contribution in [0.3, 0.4) is 0 Å². The Hall–Kier alpha value is -1.79. The molecule has 0 unspecified atom stereocenters. The zero-order chi connectivity index (χ0) is 15.5. The van der Waals surface area contributed by atoms with Gasteiger partial charge < -0.3 is 14.6 Å². The van der Waals surface area contributed by atoms with E-state index in [0.29, 0.717) is 0 Å². The minimum Gasteiger partial charge on any atom is -0.480 e. The summed E-state index contributed by atoms with van der Waals surface area (Å²) >= 11 is 0. The summed E-state index contributed by atoms with van der Waals surface area (Å²) in [6, 6.07) is -1.06. The first-order valence-corrected chi connectivity index (χ1v) is 6.54. The van der Waals surface area contributed by atoms with Crippen molar-refractivity contribution in [2.24, 2.45) is 5.92 Å². The standard InChI is InChI=1S/C13H21NO6/c1-5-19-11(17)8-6-9(10(15)16)14(7-8)12(18)20-13(2,3)4/h8-9H,5-7H2,1-4H3,(H,15,16)/t8-,9+/m1/s1. The highest BCUT2D eigenvalue weighted by molar-refractivity contribution is 5.84. The van der Waals surface area contributed by atoms with E-state index in [1.54, 1.807) is 27.7 Å². The third-order valence-corrected chi connectivity index (χ3v) is 2.83. The fourth-order valence-electron chi connectivity index (χ4n) is 2.02. The normalized spacial score (nSPS) is 22.5. The molecule has 0 aromatic heterocycles. The van der Waals surface area contributed by atoms with Crippen LogP contribution in [0.4, 0.5) is 4.79 Å². The van der Waals surface area contributed by atoms with Crippen LogP contribution in [-0.2, 0) is 19.1 Å². The van der Waals surface area contributed by atoms with Crippen molar-refractivity contribution in [3.05, 3.63) is 0 Å². The maximum atomic E-state index is 12.0. The van der Waals surface area contributed by atoms with Gasteiger partial charge in [-0.25, -0.2) is 9.59 Å². The van der Waals surface area contributed by atoms with Gasteiger partial charge in [-0.05, 0) is 34.1 Å². The van der Waals surface area contributed by atoms with E-state index < -0.39 is 35.6 Å². The number of nitrogens with zero attached hydrogens (tertiary/aromatic N) is 1. The molecule has 0 aliphatic carbocycles. The monoisotopic (exact) mass is 287 g/mol. The number of hydrogen-bond acceptors (Lipinski definition) is 5. The van der Waals surface area contributed by atoms with Gasteiger partial charge in [0.15, 0.2) is 0 Å². The molecule has 0 spiro atoms. The van der Waals surface area contributed by atoms with Crippen molar-refractivity contribution in [1.82, 2.24) is 4.90 Å². The Bertz CT molecular complexity index is 400. The van der Waals surface area contributed by atoms with E-state index in [0.717, 1.165) is 4.90 Å². The number of aliphatic carboxylic acids is 1. The summed E-state index contributed by atoms with van der Waals surface area (Å²) in [7, 11) is 0. The molecule has 7 nitrogen and oxygen atoms in total. The second kappa shape index (κ2) is 6.11. The van der Waals surface area contributed by atoms with Gasteiger partial charge in [0, 0.05) is 6.54 Å². The van der Waals surface area contributed by atoms with Crippen LogP contribution in [0.2, 0.25) is 0 Å². The highest BCUT2D eigenvalue weighted by Crippen LogP contribution is 2.26. The predicted octanol–water partition coefficient (Wildman–Crippen LogP) is 1.26. The first-order valence-electron chi connectivity index (χ1n) is 6.54. The van der Waals surface area contributed by atoms with Crippen LogP contribution < -0.4 is 0 Å². The Labute approximate surface area is 117 Å². The van der Waals surface area contributed by atoms with Gasteiger partial charge in [-0.2, -0.15) is 0 Å². The van der Waals surface area contributed by atoms with Crippen LogP contribution in [0, 0.1) is 5.92 Å². The van der Waals surface area contributed by atoms with Gasteiger partial charge in [0.1, 0.15) is 11.6 Å². The molecule has 1 fully saturated rings. The van der Waals surface area contributed by atoms with Crippen molar-refractivity contribution in [2.75, 3.05) is 13.2 Å². The van der Waals surface area contributed by atoms with E-state index in [1.165, 1.54) is 0 Å². The van der Waals surface area contributed by atoms with Gasteiger partial charge in [-0.15, -0.1) is 0 Å². The van der Waals surface area contributed by atoms with E-state index >= 15 is 0 Å². The summed E-state index contributed by atoms with van der Waals surface area (Å²) in [6.45, 7) is 6.98. The Balaban J connectivity index is 2.80. The zero-order valence-corrected chi connectivity index (χ0v) is 12.2. The topological polar surface area (TPSA) is 93.1 Å². The Morgan fingerprint density at radius 3 is 2.35 bits per heavy atom. The van der Waals surface area contributed by atoms with Crippen LogP contribution >= 0.6 is 0 Å². The smallest absolute Gasteiger partial charge is 0.411 e. The van der Waals surface area contributed by atoms with Crippen molar-refractivity contribution < 1.29 is 29.0 Å². The van der Waals surface area contributed by atoms with Gasteiger partial charge in [-0.3, -0.25) is 9.69 Å². The van der Waals surface area contributed by atoms with Crippen molar-refractivity contribution in [3.8, 4) is 0 Å². The molecular formula is C13H21NO6. The predicted molar refractivity (Wildman–Crippen MR) is 69.1 cm³/mol. The van der Waals surface area contributed by atoms with Gasteiger partial charge in [-0.1, -0.05) is 0 Å². The summed E-state index contributed by atoms with van der Waals surface area (Å²) in [5, 5.41) is 9.16. The lowest BCUT2D eigenvalue weighted by molar-refractivity contribution is -0.147. The lowest BCUT2D eigenvalue weighted by Crippen LogP contribution is -2.43. The van der Waals surface area contributed by atoms with Crippen LogP contribution in [0.1, 0.15) is 34.1 Å². The van der Waals surface area contributed by atoms with Crippen molar-refractivity contribution in [2.45, 2.75) is 45.8 Å². The lowest BCUT2D eigenvalue weighted by atomic mass is 10.1. The number of amides is 1. The van der Waals surface area contributed by atoms with Gasteiger partial charge >= 0.3 is 18.0 Å². The minimum atomic E-state index is -1.15. The second-order valence-corrected chi connectivity index (χ2v) is 5.67. The highest BCUT2D eigenvalue weighted by atomic mass is 16.6. The van der Waals surface area contributed by atoms with Crippen molar-refractivity contribution in [1.29, 1.82) is 0 Å². The lowest BCUT2D eigenvalue weighted by Gasteiger charge is -2.26. The van der Waals surface area contributed by atoms with Crippen molar-refractivity contribution in [3.63, 3.8) is 0 Å². The maximum Gasteiger partial charge on any atom is 0.411 e. The van der Waals surface area contributed by atoms with Crippen LogP contribution in [0.5, 0.6) is 0 Å². The van der Waals surface area contributed by atoms with E-state index in [2.05, 4.69) is 0 Å². The molecule has 1 N–H and O–H groups in total. The highest BCUT2D eigenvalue weighted by Gasteiger charge is 2.44. The SMILES string of the molecule is CCOC(=O)[C@@H]1C[C@@H](C(=O)O)N(C(=O)OC(C)(C)C)C1. The molecule has 0 aromatic rings. The molecule has 20 heavy (non-hydrogen) atoms. The van der Waals surface area contributed by atoms with E-state index in [1.807, 2.05) is 0 Å². The molecule has 0 bridgehead atoms. The summed E-state index contributed by atoms with van der Waals surface area (Å²) in [4.78, 5) is 35.9. The maximum absolute atomic E-state index is 12.0. The van der Waals surface area contributed by atoms with Gasteiger partial charge in [0.25, 0.3) is 0 Å². The number of carbonyl (C=O) groups is 3. The van der Waals surface area contributed by atoms with Gasteiger partial charge in [0.05, 0.1) is 12.5 Å². The molecule has 114 valence electrons. The number of esters is 1. The average Bonchev–Trinajstić information content (AvgIpc) is 2.71. The molecule has 2 atom stereocenters. The van der Waals surface area contributed by atoms with E-state index in [4.69, 9.17) is 14.6 Å².